The second kappa shape index (κ2) is 4.34. The Kier molecular flexibility index (Phi) is 4.08. The predicted molar refractivity (Wildman–Crippen MR) is 37.3 cm³/mol. The van der Waals surface area contributed by atoms with E-state index < -0.39 is 12.1 Å². The van der Waals surface area contributed by atoms with E-state index in [9.17, 15) is 22.8 Å². The minimum Gasteiger partial charge on any atom is -0.339 e. The van der Waals surface area contributed by atoms with Crippen molar-refractivity contribution in [3.8, 4) is 0 Å². The highest BCUT2D eigenvalue weighted by Crippen LogP contribution is 2.14. The highest BCUT2D eigenvalue weighted by Gasteiger charge is 2.38. The minimum atomic E-state index is -4.88. The second-order valence-corrected chi connectivity index (χ2v) is 2.94. The zero-order valence-corrected chi connectivity index (χ0v) is 6.88. The Morgan fingerprint density at radius 3 is 2.25 bits per heavy atom. The van der Waals surface area contributed by atoms with Crippen LogP contribution in [-0.2, 0) is 9.59 Å². The van der Waals surface area contributed by atoms with Gasteiger partial charge in [0.15, 0.2) is 5.12 Å². The molecule has 0 aromatic carbocycles. The summed E-state index contributed by atoms with van der Waals surface area (Å²) in [7, 11) is 0. The molecule has 0 aliphatic rings. The Bertz CT molecular complexity index is 192. The van der Waals surface area contributed by atoms with Crippen molar-refractivity contribution >= 4 is 22.8 Å². The quantitative estimate of drug-likeness (QED) is 0.675. The summed E-state index contributed by atoms with van der Waals surface area (Å²) in [6.07, 6.45) is -4.88. The SMILES string of the molecule is CC(=O)SCNC(=O)C(F)(F)F. The average molecular weight is 201 g/mol. The van der Waals surface area contributed by atoms with E-state index in [0.29, 0.717) is 11.8 Å². The van der Waals surface area contributed by atoms with Gasteiger partial charge in [-0.25, -0.2) is 0 Å². The van der Waals surface area contributed by atoms with Gasteiger partial charge in [0, 0.05) is 6.92 Å². The molecule has 0 radical (unpaired) electrons. The lowest BCUT2D eigenvalue weighted by Gasteiger charge is -2.05. The number of carbonyl (C=O) groups excluding carboxylic acids is 2. The molecule has 0 unspecified atom stereocenters. The fourth-order valence-electron chi connectivity index (χ4n) is 0.303. The molecule has 0 aliphatic carbocycles. The van der Waals surface area contributed by atoms with E-state index in [1.54, 1.807) is 0 Å². The van der Waals surface area contributed by atoms with E-state index in [1.165, 1.54) is 12.2 Å². The van der Waals surface area contributed by atoms with Crippen molar-refractivity contribution in [1.82, 2.24) is 5.32 Å². The highest BCUT2D eigenvalue weighted by atomic mass is 32.2. The summed E-state index contributed by atoms with van der Waals surface area (Å²) in [4.78, 5) is 20.3. The first kappa shape index (κ1) is 11.3. The van der Waals surface area contributed by atoms with Gasteiger partial charge in [-0.1, -0.05) is 11.8 Å². The molecule has 0 atom stereocenters. The first-order chi connectivity index (χ1) is 5.34. The van der Waals surface area contributed by atoms with Crippen LogP contribution in [0.15, 0.2) is 0 Å². The molecule has 0 aliphatic heterocycles. The van der Waals surface area contributed by atoms with E-state index in [2.05, 4.69) is 0 Å². The van der Waals surface area contributed by atoms with E-state index in [-0.39, 0.29) is 11.0 Å². The van der Waals surface area contributed by atoms with Crippen molar-refractivity contribution in [2.45, 2.75) is 13.1 Å². The summed E-state index contributed by atoms with van der Waals surface area (Å²) >= 11 is 0.605. The third-order valence-electron chi connectivity index (χ3n) is 0.766. The summed E-state index contributed by atoms with van der Waals surface area (Å²) < 4.78 is 34.4. The highest BCUT2D eigenvalue weighted by molar-refractivity contribution is 8.13. The Morgan fingerprint density at radius 2 is 1.92 bits per heavy atom. The molecule has 0 aromatic rings. The first-order valence-corrected chi connectivity index (χ1v) is 3.81. The van der Waals surface area contributed by atoms with Crippen molar-refractivity contribution in [2.75, 3.05) is 5.88 Å². The van der Waals surface area contributed by atoms with Crippen molar-refractivity contribution in [3.63, 3.8) is 0 Å². The zero-order chi connectivity index (χ0) is 9.78. The van der Waals surface area contributed by atoms with Crippen LogP contribution in [0, 0.1) is 0 Å². The molecular formula is C5H6F3NO2S. The number of hydrogen-bond acceptors (Lipinski definition) is 3. The summed E-state index contributed by atoms with van der Waals surface area (Å²) in [5, 5.41) is 1.18. The van der Waals surface area contributed by atoms with Crippen LogP contribution < -0.4 is 5.32 Å². The molecule has 0 saturated heterocycles. The zero-order valence-electron chi connectivity index (χ0n) is 6.07. The molecule has 0 spiro atoms. The summed E-state index contributed by atoms with van der Waals surface area (Å²) in [5.41, 5.74) is 0. The van der Waals surface area contributed by atoms with Crippen LogP contribution in [0.5, 0.6) is 0 Å². The molecular weight excluding hydrogens is 195 g/mol. The molecule has 3 nitrogen and oxygen atoms in total. The average Bonchev–Trinajstić information content (AvgIpc) is 1.84. The van der Waals surface area contributed by atoms with Gasteiger partial charge >= 0.3 is 12.1 Å². The Morgan fingerprint density at radius 1 is 1.42 bits per heavy atom. The molecule has 1 amide bonds. The molecule has 0 saturated carbocycles. The monoisotopic (exact) mass is 201 g/mol. The van der Waals surface area contributed by atoms with E-state index >= 15 is 0 Å². The molecule has 1 N–H and O–H groups in total. The maximum atomic E-state index is 11.5. The summed E-state index contributed by atoms with van der Waals surface area (Å²) in [6, 6.07) is 0. The van der Waals surface area contributed by atoms with Crippen LogP contribution in [0.25, 0.3) is 0 Å². The minimum absolute atomic E-state index is 0.350. The fraction of sp³-hybridized carbons (Fsp3) is 0.600. The number of nitrogens with one attached hydrogen (secondary N) is 1. The van der Waals surface area contributed by atoms with Gasteiger partial charge in [-0.2, -0.15) is 13.2 Å². The number of halogens is 3. The summed E-state index contributed by atoms with van der Waals surface area (Å²) in [6.45, 7) is 1.20. The number of hydrogen-bond donors (Lipinski definition) is 1. The lowest BCUT2D eigenvalue weighted by molar-refractivity contribution is -0.173. The standard InChI is InChI=1S/C5H6F3NO2S/c1-3(10)12-2-9-4(11)5(6,7)8/h2H2,1H3,(H,9,11). The maximum absolute atomic E-state index is 11.5. The van der Waals surface area contributed by atoms with Crippen LogP contribution in [0.1, 0.15) is 6.92 Å². The molecule has 0 heterocycles. The van der Waals surface area contributed by atoms with Crippen molar-refractivity contribution < 1.29 is 22.8 Å². The lowest BCUT2D eigenvalue weighted by Crippen LogP contribution is -2.36. The third kappa shape index (κ3) is 5.00. The third-order valence-corrected chi connectivity index (χ3v) is 1.46. The molecule has 0 rings (SSSR count). The summed E-state index contributed by atoms with van der Waals surface area (Å²) in [5.74, 6) is -2.38. The maximum Gasteiger partial charge on any atom is 0.471 e. The predicted octanol–water partition coefficient (Wildman–Crippen LogP) is 0.902. The van der Waals surface area contributed by atoms with E-state index in [1.807, 2.05) is 0 Å². The fourth-order valence-corrected chi connectivity index (χ4v) is 0.710. The van der Waals surface area contributed by atoms with Gasteiger partial charge in [0.2, 0.25) is 0 Å². The molecule has 0 aromatic heterocycles. The van der Waals surface area contributed by atoms with Crippen LogP contribution in [-0.4, -0.2) is 23.1 Å². The van der Waals surface area contributed by atoms with Crippen molar-refractivity contribution in [2.24, 2.45) is 0 Å². The molecule has 70 valence electrons. The van der Waals surface area contributed by atoms with E-state index in [4.69, 9.17) is 0 Å². The van der Waals surface area contributed by atoms with Gasteiger partial charge in [-0.05, 0) is 0 Å². The molecule has 12 heavy (non-hydrogen) atoms. The largest absolute Gasteiger partial charge is 0.471 e. The van der Waals surface area contributed by atoms with Crippen molar-refractivity contribution in [3.05, 3.63) is 0 Å². The molecule has 0 fully saturated rings. The van der Waals surface area contributed by atoms with Gasteiger partial charge in [-0.3, -0.25) is 9.59 Å². The van der Waals surface area contributed by atoms with Gasteiger partial charge in [0.1, 0.15) is 0 Å². The number of rotatable bonds is 2. The van der Waals surface area contributed by atoms with Crippen molar-refractivity contribution in [1.29, 1.82) is 0 Å². The molecule has 0 bridgehead atoms. The molecule has 7 heteroatoms. The second-order valence-electron chi connectivity index (χ2n) is 1.78. The van der Waals surface area contributed by atoms with E-state index in [0.717, 1.165) is 0 Å². The van der Waals surface area contributed by atoms with Gasteiger partial charge in [0.25, 0.3) is 0 Å². The number of thioether (sulfide) groups is 1. The Hall–Kier alpha value is -0.720. The number of carbonyl (C=O) groups is 2. The Balaban J connectivity index is 3.66. The first-order valence-electron chi connectivity index (χ1n) is 2.82. The van der Waals surface area contributed by atoms with Gasteiger partial charge < -0.3 is 5.32 Å². The van der Waals surface area contributed by atoms with Crippen LogP contribution in [0.3, 0.4) is 0 Å². The number of alkyl halides is 3. The van der Waals surface area contributed by atoms with Crippen LogP contribution in [0.2, 0.25) is 0 Å². The number of amides is 1. The van der Waals surface area contributed by atoms with Crippen LogP contribution in [0.4, 0.5) is 13.2 Å². The van der Waals surface area contributed by atoms with Gasteiger partial charge in [0.05, 0.1) is 5.88 Å². The topological polar surface area (TPSA) is 46.2 Å². The smallest absolute Gasteiger partial charge is 0.339 e. The van der Waals surface area contributed by atoms with Crippen LogP contribution >= 0.6 is 11.8 Å². The lowest BCUT2D eigenvalue weighted by atomic mass is 10.6. The van der Waals surface area contributed by atoms with Gasteiger partial charge in [-0.15, -0.1) is 0 Å². The normalized spacial score (nSPS) is 11.0. The Labute approximate surface area is 70.7 Å².